The van der Waals surface area contributed by atoms with E-state index in [1.807, 2.05) is 0 Å². The van der Waals surface area contributed by atoms with E-state index in [1.165, 1.54) is 48.5 Å². The van der Waals surface area contributed by atoms with E-state index >= 15 is 0 Å². The predicted molar refractivity (Wildman–Crippen MR) is 85.0 cm³/mol. The second-order valence-electron chi connectivity index (χ2n) is 5.00. The van der Waals surface area contributed by atoms with Crippen molar-refractivity contribution in [3.05, 3.63) is 66.1 Å². The largest absolute Gasteiger partial charge is 0.433 e. The average Bonchev–Trinajstić information content (AvgIpc) is 3.07. The van der Waals surface area contributed by atoms with Gasteiger partial charge < -0.3 is 10.1 Å². The Morgan fingerprint density at radius 3 is 2.56 bits per heavy atom. The van der Waals surface area contributed by atoms with E-state index in [0.29, 0.717) is 11.3 Å². The highest BCUT2D eigenvalue weighted by Gasteiger charge is 2.15. The van der Waals surface area contributed by atoms with Crippen molar-refractivity contribution in [3.8, 4) is 17.0 Å². The van der Waals surface area contributed by atoms with Gasteiger partial charge in [0.2, 0.25) is 0 Å². The number of amides is 1. The molecule has 0 bridgehead atoms. The molecule has 3 rings (SSSR count). The minimum Gasteiger partial charge on any atom is -0.433 e. The minimum absolute atomic E-state index is 0.103. The van der Waals surface area contributed by atoms with Gasteiger partial charge in [0.15, 0.2) is 0 Å². The molecule has 0 unspecified atom stereocenters. The van der Waals surface area contributed by atoms with E-state index in [4.69, 9.17) is 0 Å². The number of rotatable bonds is 5. The zero-order valence-electron chi connectivity index (χ0n) is 12.7. The van der Waals surface area contributed by atoms with E-state index in [-0.39, 0.29) is 22.9 Å². The number of carbonyl (C=O) groups excluding carboxylic acids is 1. The smallest absolute Gasteiger partial charge is 0.387 e. The molecule has 2 N–H and O–H groups in total. The van der Waals surface area contributed by atoms with Gasteiger partial charge in [-0.25, -0.2) is 4.39 Å². The van der Waals surface area contributed by atoms with Crippen molar-refractivity contribution in [2.24, 2.45) is 0 Å². The Balaban J connectivity index is 1.78. The summed E-state index contributed by atoms with van der Waals surface area (Å²) in [5.41, 5.74) is 1.29. The number of H-pyrrole nitrogens is 1. The van der Waals surface area contributed by atoms with Crippen LogP contribution in [0.5, 0.6) is 5.75 Å². The Labute approximate surface area is 140 Å². The Kier molecular flexibility index (Phi) is 4.69. The van der Waals surface area contributed by atoms with Gasteiger partial charge in [-0.2, -0.15) is 13.9 Å². The molecule has 1 heterocycles. The topological polar surface area (TPSA) is 67.0 Å². The monoisotopic (exact) mass is 347 g/mol. The fraction of sp³-hybridized carbons (Fsp3) is 0.0588. The maximum Gasteiger partial charge on any atom is 0.387 e. The highest BCUT2D eigenvalue weighted by molar-refractivity contribution is 6.04. The summed E-state index contributed by atoms with van der Waals surface area (Å²) in [6.07, 6.45) is 0. The quantitative estimate of drug-likeness (QED) is 0.731. The zero-order valence-corrected chi connectivity index (χ0v) is 12.7. The molecule has 0 saturated heterocycles. The van der Waals surface area contributed by atoms with Crippen LogP contribution in [0, 0.1) is 5.82 Å². The molecule has 0 spiro atoms. The molecule has 0 radical (unpaired) electrons. The van der Waals surface area contributed by atoms with Crippen molar-refractivity contribution in [1.82, 2.24) is 10.2 Å². The number of benzene rings is 2. The number of aromatic amines is 1. The highest BCUT2D eigenvalue weighted by atomic mass is 19.3. The normalized spacial score (nSPS) is 10.7. The molecule has 0 atom stereocenters. The molecule has 0 aliphatic rings. The van der Waals surface area contributed by atoms with E-state index < -0.39 is 12.5 Å². The van der Waals surface area contributed by atoms with Gasteiger partial charge in [-0.3, -0.25) is 9.89 Å². The molecule has 3 aromatic rings. The molecule has 5 nitrogen and oxygen atoms in total. The van der Waals surface area contributed by atoms with Crippen LogP contribution >= 0.6 is 0 Å². The number of halogens is 3. The highest BCUT2D eigenvalue weighted by Crippen LogP contribution is 2.26. The summed E-state index contributed by atoms with van der Waals surface area (Å²) in [5, 5.41) is 9.02. The molecule has 1 amide bonds. The molecule has 0 fully saturated rings. The molecule has 0 aliphatic heterocycles. The van der Waals surface area contributed by atoms with Crippen molar-refractivity contribution in [3.63, 3.8) is 0 Å². The maximum atomic E-state index is 12.9. The third-order valence-electron chi connectivity index (χ3n) is 3.31. The summed E-state index contributed by atoms with van der Waals surface area (Å²) in [6, 6.07) is 12.9. The van der Waals surface area contributed by atoms with Crippen LogP contribution in [0.3, 0.4) is 0 Å². The van der Waals surface area contributed by atoms with Crippen LogP contribution in [0.15, 0.2) is 54.6 Å². The fourth-order valence-corrected chi connectivity index (χ4v) is 2.16. The molecule has 25 heavy (non-hydrogen) atoms. The second-order valence-corrected chi connectivity index (χ2v) is 5.00. The second kappa shape index (κ2) is 7.08. The number of nitrogens with one attached hydrogen (secondary N) is 2. The summed E-state index contributed by atoms with van der Waals surface area (Å²) >= 11 is 0. The first-order valence-corrected chi connectivity index (χ1v) is 7.19. The lowest BCUT2D eigenvalue weighted by Crippen LogP contribution is -2.14. The summed E-state index contributed by atoms with van der Waals surface area (Å²) in [5.74, 6) is -1.11. The number of hydrogen-bond donors (Lipinski definition) is 2. The Bertz CT molecular complexity index is 879. The Morgan fingerprint density at radius 2 is 1.84 bits per heavy atom. The molecule has 128 valence electrons. The summed E-state index contributed by atoms with van der Waals surface area (Å²) in [4.78, 5) is 12.3. The van der Waals surface area contributed by atoms with Gasteiger partial charge in [0, 0.05) is 5.56 Å². The third-order valence-corrected chi connectivity index (χ3v) is 3.31. The van der Waals surface area contributed by atoms with Crippen LogP contribution in [0.1, 0.15) is 10.5 Å². The fourth-order valence-electron chi connectivity index (χ4n) is 2.16. The standard InChI is InChI=1S/C17H12F3N3O2/c18-11-7-5-10(6-8-11)13-9-14(23-22-13)16(24)21-12-3-1-2-4-15(12)25-17(19)20/h1-9,17H,(H,21,24)(H,22,23). The molecule has 0 saturated carbocycles. The molecular formula is C17H12F3N3O2. The van der Waals surface area contributed by atoms with E-state index in [1.54, 1.807) is 6.07 Å². The van der Waals surface area contributed by atoms with Crippen LogP contribution in [0.4, 0.5) is 18.9 Å². The van der Waals surface area contributed by atoms with Crippen LogP contribution in [-0.4, -0.2) is 22.7 Å². The van der Waals surface area contributed by atoms with Gasteiger partial charge in [0.25, 0.3) is 5.91 Å². The van der Waals surface area contributed by atoms with Crippen molar-refractivity contribution in [2.75, 3.05) is 5.32 Å². The van der Waals surface area contributed by atoms with Crippen LogP contribution in [0.25, 0.3) is 11.3 Å². The third kappa shape index (κ3) is 3.97. The molecule has 1 aromatic heterocycles. The Morgan fingerprint density at radius 1 is 1.12 bits per heavy atom. The maximum absolute atomic E-state index is 12.9. The number of aromatic nitrogens is 2. The lowest BCUT2D eigenvalue weighted by atomic mass is 10.1. The van der Waals surface area contributed by atoms with Crippen LogP contribution in [-0.2, 0) is 0 Å². The lowest BCUT2D eigenvalue weighted by Gasteiger charge is -2.10. The van der Waals surface area contributed by atoms with Gasteiger partial charge in [-0.1, -0.05) is 12.1 Å². The number of anilines is 1. The van der Waals surface area contributed by atoms with E-state index in [2.05, 4.69) is 20.3 Å². The Hall–Kier alpha value is -3.29. The number of alkyl halides is 2. The average molecular weight is 347 g/mol. The van der Waals surface area contributed by atoms with Crippen molar-refractivity contribution >= 4 is 11.6 Å². The summed E-state index contributed by atoms with van der Waals surface area (Å²) in [6.45, 7) is -3.00. The first-order chi connectivity index (χ1) is 12.0. The SMILES string of the molecule is O=C(Nc1ccccc1OC(F)F)c1cc(-c2ccc(F)cc2)n[nH]1. The summed E-state index contributed by atoms with van der Waals surface area (Å²) in [7, 11) is 0. The van der Waals surface area contributed by atoms with Gasteiger partial charge in [-0.05, 0) is 42.5 Å². The molecule has 8 heteroatoms. The van der Waals surface area contributed by atoms with Crippen molar-refractivity contribution in [2.45, 2.75) is 6.61 Å². The van der Waals surface area contributed by atoms with Gasteiger partial charge in [0.05, 0.1) is 11.4 Å². The first-order valence-electron chi connectivity index (χ1n) is 7.19. The van der Waals surface area contributed by atoms with E-state index in [0.717, 1.165) is 0 Å². The first kappa shape index (κ1) is 16.6. The number of hydrogen-bond acceptors (Lipinski definition) is 3. The van der Waals surface area contributed by atoms with Crippen molar-refractivity contribution in [1.29, 1.82) is 0 Å². The predicted octanol–water partition coefficient (Wildman–Crippen LogP) is 4.07. The number of ether oxygens (including phenoxy) is 1. The summed E-state index contributed by atoms with van der Waals surface area (Å²) < 4.78 is 42.1. The van der Waals surface area contributed by atoms with Crippen molar-refractivity contribution < 1.29 is 22.7 Å². The minimum atomic E-state index is -3.00. The lowest BCUT2D eigenvalue weighted by molar-refractivity contribution is -0.0493. The van der Waals surface area contributed by atoms with Gasteiger partial charge >= 0.3 is 6.61 Å². The number of carbonyl (C=O) groups is 1. The molecular weight excluding hydrogens is 335 g/mol. The zero-order chi connectivity index (χ0) is 17.8. The molecule has 2 aromatic carbocycles. The molecule has 0 aliphatic carbocycles. The number of para-hydroxylation sites is 2. The van der Waals surface area contributed by atoms with Crippen LogP contribution < -0.4 is 10.1 Å². The van der Waals surface area contributed by atoms with Crippen LogP contribution in [0.2, 0.25) is 0 Å². The number of nitrogens with zero attached hydrogens (tertiary/aromatic N) is 1. The van der Waals surface area contributed by atoms with Gasteiger partial charge in [0.1, 0.15) is 17.3 Å². The van der Waals surface area contributed by atoms with Gasteiger partial charge in [-0.15, -0.1) is 0 Å². The van der Waals surface area contributed by atoms with E-state index in [9.17, 15) is 18.0 Å².